The molecule has 0 aromatic carbocycles. The summed E-state index contributed by atoms with van der Waals surface area (Å²) in [5, 5.41) is 0. The molecule has 0 saturated heterocycles. The standard InChI is InChI=1S/C10H16.C2H6/c1-8(2)10-6-4-5-9(3)7-10;1-2/h5,7-8H,4,6H2,1-3H3;1-2H3. The van der Waals surface area contributed by atoms with Crippen LogP contribution in [0.3, 0.4) is 0 Å². The van der Waals surface area contributed by atoms with Gasteiger partial charge in [0.1, 0.15) is 0 Å². The number of hydrogen-bond acceptors (Lipinski definition) is 0. The highest BCUT2D eigenvalue weighted by Crippen LogP contribution is 2.22. The van der Waals surface area contributed by atoms with Crippen LogP contribution in [0.2, 0.25) is 0 Å². The fraction of sp³-hybridized carbons (Fsp3) is 0.667. The van der Waals surface area contributed by atoms with E-state index in [0.717, 1.165) is 5.92 Å². The molecular formula is C12H22. The lowest BCUT2D eigenvalue weighted by Crippen LogP contribution is -1.97. The Morgan fingerprint density at radius 2 is 1.83 bits per heavy atom. The third-order valence-corrected chi connectivity index (χ3v) is 2.05. The Hall–Kier alpha value is -0.520. The van der Waals surface area contributed by atoms with Crippen molar-refractivity contribution in [2.24, 2.45) is 5.92 Å². The normalized spacial score (nSPS) is 16.2. The number of allylic oxidation sites excluding steroid dienone is 4. The smallest absolute Gasteiger partial charge is 0.0257 e. The van der Waals surface area contributed by atoms with Gasteiger partial charge in [0.05, 0.1) is 0 Å². The fourth-order valence-electron chi connectivity index (χ4n) is 1.35. The van der Waals surface area contributed by atoms with Crippen molar-refractivity contribution in [1.82, 2.24) is 0 Å². The lowest BCUT2D eigenvalue weighted by molar-refractivity contribution is 0.706. The van der Waals surface area contributed by atoms with Crippen molar-refractivity contribution in [3.8, 4) is 0 Å². The van der Waals surface area contributed by atoms with Gasteiger partial charge < -0.3 is 0 Å². The molecule has 0 N–H and O–H groups in total. The van der Waals surface area contributed by atoms with Crippen LogP contribution >= 0.6 is 0 Å². The molecule has 0 aromatic heterocycles. The zero-order chi connectivity index (χ0) is 9.56. The third-order valence-electron chi connectivity index (χ3n) is 2.05. The Morgan fingerprint density at radius 3 is 2.17 bits per heavy atom. The summed E-state index contributed by atoms with van der Waals surface area (Å²) < 4.78 is 0. The van der Waals surface area contributed by atoms with Crippen LogP contribution in [0.4, 0.5) is 0 Å². The molecular weight excluding hydrogens is 144 g/mol. The minimum atomic E-state index is 0.739. The van der Waals surface area contributed by atoms with Gasteiger partial charge in [-0.05, 0) is 25.7 Å². The second kappa shape index (κ2) is 6.05. The molecule has 0 heteroatoms. The van der Waals surface area contributed by atoms with Gasteiger partial charge in [0, 0.05) is 0 Å². The molecule has 12 heavy (non-hydrogen) atoms. The minimum absolute atomic E-state index is 0.739. The van der Waals surface area contributed by atoms with Crippen molar-refractivity contribution in [2.45, 2.75) is 47.5 Å². The molecule has 0 heterocycles. The van der Waals surface area contributed by atoms with Gasteiger partial charge in [-0.15, -0.1) is 0 Å². The molecule has 1 rings (SSSR count). The van der Waals surface area contributed by atoms with Gasteiger partial charge in [-0.2, -0.15) is 0 Å². The Kier molecular flexibility index (Phi) is 5.79. The van der Waals surface area contributed by atoms with E-state index >= 15 is 0 Å². The van der Waals surface area contributed by atoms with Gasteiger partial charge in [0.2, 0.25) is 0 Å². The van der Waals surface area contributed by atoms with Crippen LogP contribution < -0.4 is 0 Å². The highest BCUT2D eigenvalue weighted by atomic mass is 14.1. The van der Waals surface area contributed by atoms with Gasteiger partial charge in [0.15, 0.2) is 0 Å². The maximum Gasteiger partial charge on any atom is -0.0257 e. The van der Waals surface area contributed by atoms with E-state index < -0.39 is 0 Å². The maximum atomic E-state index is 2.33. The van der Waals surface area contributed by atoms with E-state index in [0.29, 0.717) is 0 Å². The van der Waals surface area contributed by atoms with Crippen LogP contribution in [-0.2, 0) is 0 Å². The molecule has 1 aliphatic carbocycles. The molecule has 0 fully saturated rings. The van der Waals surface area contributed by atoms with Crippen LogP contribution in [0, 0.1) is 5.92 Å². The van der Waals surface area contributed by atoms with Gasteiger partial charge in [0.25, 0.3) is 0 Å². The van der Waals surface area contributed by atoms with Gasteiger partial charge in [-0.25, -0.2) is 0 Å². The summed E-state index contributed by atoms with van der Waals surface area (Å²) in [7, 11) is 0. The molecule has 1 aliphatic rings. The van der Waals surface area contributed by atoms with Gasteiger partial charge >= 0.3 is 0 Å². The first-order valence-corrected chi connectivity index (χ1v) is 5.07. The number of rotatable bonds is 1. The van der Waals surface area contributed by atoms with E-state index in [2.05, 4.69) is 32.9 Å². The van der Waals surface area contributed by atoms with Crippen molar-refractivity contribution >= 4 is 0 Å². The van der Waals surface area contributed by atoms with Crippen LogP contribution in [0.25, 0.3) is 0 Å². The van der Waals surface area contributed by atoms with Crippen LogP contribution in [0.5, 0.6) is 0 Å². The van der Waals surface area contributed by atoms with E-state index in [1.807, 2.05) is 13.8 Å². The molecule has 0 aliphatic heterocycles. The first kappa shape index (κ1) is 11.5. The van der Waals surface area contributed by atoms with E-state index in [-0.39, 0.29) is 0 Å². The van der Waals surface area contributed by atoms with E-state index in [9.17, 15) is 0 Å². The summed E-state index contributed by atoms with van der Waals surface area (Å²) in [6.45, 7) is 10.7. The Bertz CT molecular complexity index is 170. The SMILES string of the molecule is CC.CC1=CCCC(C(C)C)=C1. The molecule has 70 valence electrons. The molecule has 0 nitrogen and oxygen atoms in total. The van der Waals surface area contributed by atoms with Gasteiger partial charge in [-0.3, -0.25) is 0 Å². The molecule has 0 aromatic rings. The molecule has 0 unspecified atom stereocenters. The highest BCUT2D eigenvalue weighted by molar-refractivity contribution is 5.26. The second-order valence-electron chi connectivity index (χ2n) is 3.36. The Morgan fingerprint density at radius 1 is 1.25 bits per heavy atom. The van der Waals surface area contributed by atoms with E-state index in [4.69, 9.17) is 0 Å². The zero-order valence-electron chi connectivity index (χ0n) is 9.15. The predicted molar refractivity (Wildman–Crippen MR) is 57.3 cm³/mol. The van der Waals surface area contributed by atoms with Crippen molar-refractivity contribution in [3.63, 3.8) is 0 Å². The summed E-state index contributed by atoms with van der Waals surface area (Å²) in [4.78, 5) is 0. The van der Waals surface area contributed by atoms with Crippen molar-refractivity contribution < 1.29 is 0 Å². The average molecular weight is 166 g/mol. The quantitative estimate of drug-likeness (QED) is 0.543. The molecule has 0 bridgehead atoms. The summed E-state index contributed by atoms with van der Waals surface area (Å²) in [6, 6.07) is 0. The Labute approximate surface area is 77.4 Å². The molecule has 0 atom stereocenters. The van der Waals surface area contributed by atoms with Crippen LogP contribution in [-0.4, -0.2) is 0 Å². The first-order valence-electron chi connectivity index (χ1n) is 5.07. The second-order valence-corrected chi connectivity index (χ2v) is 3.36. The molecule has 0 amide bonds. The highest BCUT2D eigenvalue weighted by Gasteiger charge is 2.05. The van der Waals surface area contributed by atoms with Crippen molar-refractivity contribution in [3.05, 3.63) is 23.3 Å². The average Bonchev–Trinajstić information content (AvgIpc) is 2.08. The lowest BCUT2D eigenvalue weighted by Gasteiger charge is -2.14. The van der Waals surface area contributed by atoms with Crippen molar-refractivity contribution in [1.29, 1.82) is 0 Å². The first-order chi connectivity index (χ1) is 5.70. The molecule has 0 spiro atoms. The summed E-state index contributed by atoms with van der Waals surface area (Å²) in [5.41, 5.74) is 3.05. The number of hydrogen-bond donors (Lipinski definition) is 0. The van der Waals surface area contributed by atoms with E-state index in [1.165, 1.54) is 18.4 Å². The monoisotopic (exact) mass is 166 g/mol. The zero-order valence-corrected chi connectivity index (χ0v) is 9.15. The van der Waals surface area contributed by atoms with Gasteiger partial charge in [-0.1, -0.05) is 51.0 Å². The maximum absolute atomic E-state index is 2.33. The van der Waals surface area contributed by atoms with Crippen molar-refractivity contribution in [2.75, 3.05) is 0 Å². The third kappa shape index (κ3) is 3.75. The molecule has 0 radical (unpaired) electrons. The Balaban J connectivity index is 0.000000561. The van der Waals surface area contributed by atoms with E-state index in [1.54, 1.807) is 5.57 Å². The summed E-state index contributed by atoms with van der Waals surface area (Å²) in [5.74, 6) is 0.739. The molecule has 0 saturated carbocycles. The summed E-state index contributed by atoms with van der Waals surface area (Å²) in [6.07, 6.45) is 7.16. The topological polar surface area (TPSA) is 0 Å². The predicted octanol–water partition coefficient (Wildman–Crippen LogP) is 4.34. The van der Waals surface area contributed by atoms with Crippen LogP contribution in [0.15, 0.2) is 23.3 Å². The summed E-state index contributed by atoms with van der Waals surface area (Å²) >= 11 is 0. The van der Waals surface area contributed by atoms with Crippen LogP contribution in [0.1, 0.15) is 47.5 Å². The lowest BCUT2D eigenvalue weighted by atomic mass is 9.92. The minimum Gasteiger partial charge on any atom is -0.0813 e. The fourth-order valence-corrected chi connectivity index (χ4v) is 1.35. The largest absolute Gasteiger partial charge is 0.0813 e.